The monoisotopic (exact) mass is 509 g/mol. The molecule has 0 radical (unpaired) electrons. The maximum atomic E-state index is 13.4. The third-order valence-corrected chi connectivity index (χ3v) is 7.61. The Hall–Kier alpha value is -4.06. The number of hydrogen-bond donors (Lipinski definition) is 0. The van der Waals surface area contributed by atoms with Crippen molar-refractivity contribution in [3.63, 3.8) is 0 Å². The van der Waals surface area contributed by atoms with Gasteiger partial charge in [0, 0.05) is 64.7 Å². The van der Waals surface area contributed by atoms with Crippen LogP contribution < -0.4 is 19.3 Å². The molecule has 7 rings (SSSR count). The van der Waals surface area contributed by atoms with Gasteiger partial charge in [0.05, 0.1) is 6.54 Å². The first-order valence-electron chi connectivity index (χ1n) is 12.1. The lowest BCUT2D eigenvalue weighted by molar-refractivity contribution is -0.749. The van der Waals surface area contributed by atoms with E-state index in [0.717, 1.165) is 25.2 Å². The summed E-state index contributed by atoms with van der Waals surface area (Å²) in [6.07, 6.45) is -2.10. The zero-order chi connectivity index (χ0) is 25.5. The SMILES string of the molecule is O=C1c2ccccc2C(=O)c2c1n[n+]([O-])n2CCCN1CC2CC1CN2c1ccc2c(c1)OC(F)(F)O2. The highest BCUT2D eigenvalue weighted by Crippen LogP contribution is 2.44. The van der Waals surface area contributed by atoms with E-state index < -0.39 is 12.1 Å². The molecule has 3 aromatic rings. The summed E-state index contributed by atoms with van der Waals surface area (Å²) in [5.74, 6) is -0.726. The van der Waals surface area contributed by atoms with Crippen molar-refractivity contribution in [2.75, 3.05) is 24.5 Å². The van der Waals surface area contributed by atoms with Gasteiger partial charge in [0.25, 0.3) is 0 Å². The highest BCUT2D eigenvalue weighted by molar-refractivity contribution is 6.26. The Morgan fingerprint density at radius 1 is 1.00 bits per heavy atom. The third kappa shape index (κ3) is 3.39. The Morgan fingerprint density at radius 2 is 1.76 bits per heavy atom. The molecular formula is C25H21F2N5O5. The van der Waals surface area contributed by atoms with E-state index in [9.17, 15) is 23.6 Å². The molecule has 0 N–H and O–H groups in total. The van der Waals surface area contributed by atoms with E-state index in [1.807, 2.05) is 0 Å². The van der Waals surface area contributed by atoms with Crippen LogP contribution in [0.15, 0.2) is 42.5 Å². The summed E-state index contributed by atoms with van der Waals surface area (Å²) >= 11 is 0. The fourth-order valence-electron chi connectivity index (χ4n) is 5.98. The van der Waals surface area contributed by atoms with Gasteiger partial charge in [-0.3, -0.25) is 14.5 Å². The van der Waals surface area contributed by atoms with Crippen LogP contribution in [0.4, 0.5) is 14.5 Å². The van der Waals surface area contributed by atoms with Crippen LogP contribution in [0.1, 0.15) is 44.9 Å². The number of carbonyl (C=O) groups is 2. The van der Waals surface area contributed by atoms with Crippen LogP contribution in [0.5, 0.6) is 11.5 Å². The van der Waals surface area contributed by atoms with Gasteiger partial charge in [0.1, 0.15) is 0 Å². The predicted molar refractivity (Wildman–Crippen MR) is 123 cm³/mol. The van der Waals surface area contributed by atoms with E-state index >= 15 is 0 Å². The van der Waals surface area contributed by atoms with Crippen molar-refractivity contribution >= 4 is 17.3 Å². The highest BCUT2D eigenvalue weighted by atomic mass is 19.3. The number of hydrogen-bond acceptors (Lipinski definition) is 8. The second-order valence-electron chi connectivity index (χ2n) is 9.72. The molecule has 37 heavy (non-hydrogen) atoms. The van der Waals surface area contributed by atoms with Crippen molar-refractivity contribution in [1.29, 1.82) is 0 Å². The lowest BCUT2D eigenvalue weighted by Gasteiger charge is -2.35. The van der Waals surface area contributed by atoms with Crippen LogP contribution in [-0.2, 0) is 6.54 Å². The molecule has 2 unspecified atom stereocenters. The van der Waals surface area contributed by atoms with Crippen LogP contribution in [0.3, 0.4) is 0 Å². The largest absolute Gasteiger partial charge is 0.586 e. The molecule has 12 heteroatoms. The van der Waals surface area contributed by atoms with E-state index in [1.165, 1.54) is 10.7 Å². The molecule has 2 saturated heterocycles. The molecule has 0 amide bonds. The number of rotatable bonds is 5. The van der Waals surface area contributed by atoms with Gasteiger partial charge in [-0.15, -0.1) is 13.5 Å². The Bertz CT molecular complexity index is 1470. The molecule has 3 aliphatic heterocycles. The van der Waals surface area contributed by atoms with Gasteiger partial charge in [-0.1, -0.05) is 24.3 Å². The maximum absolute atomic E-state index is 13.4. The van der Waals surface area contributed by atoms with Crippen molar-refractivity contribution in [3.8, 4) is 11.5 Å². The fraction of sp³-hybridized carbons (Fsp3) is 0.360. The minimum Gasteiger partial charge on any atom is -0.571 e. The van der Waals surface area contributed by atoms with E-state index in [-0.39, 0.29) is 58.4 Å². The lowest BCUT2D eigenvalue weighted by atomic mass is 9.90. The molecule has 2 aromatic carbocycles. The van der Waals surface area contributed by atoms with Crippen LogP contribution in [0.2, 0.25) is 0 Å². The lowest BCUT2D eigenvalue weighted by Crippen LogP contribution is -2.47. The highest BCUT2D eigenvalue weighted by Gasteiger charge is 2.46. The Kier molecular flexibility index (Phi) is 4.62. The number of alkyl halides is 2. The zero-order valence-electron chi connectivity index (χ0n) is 19.5. The molecular weight excluding hydrogens is 488 g/mol. The molecule has 10 nitrogen and oxygen atoms in total. The number of benzene rings is 2. The van der Waals surface area contributed by atoms with Gasteiger partial charge in [0.15, 0.2) is 17.2 Å². The van der Waals surface area contributed by atoms with Crippen LogP contribution in [0.25, 0.3) is 0 Å². The second kappa shape index (κ2) is 7.72. The summed E-state index contributed by atoms with van der Waals surface area (Å²) in [7, 11) is 0. The summed E-state index contributed by atoms with van der Waals surface area (Å²) in [5, 5.41) is 16.3. The van der Waals surface area contributed by atoms with Gasteiger partial charge >= 0.3 is 6.29 Å². The smallest absolute Gasteiger partial charge is 0.571 e. The van der Waals surface area contributed by atoms with Gasteiger partial charge in [-0.05, 0) is 25.0 Å². The third-order valence-electron chi connectivity index (χ3n) is 7.61. The molecule has 4 heterocycles. The molecule has 2 fully saturated rings. The molecule has 1 aliphatic carbocycles. The number of piperazine rings is 1. The molecule has 0 spiro atoms. The van der Waals surface area contributed by atoms with Gasteiger partial charge in [-0.2, -0.15) is 0 Å². The first-order chi connectivity index (χ1) is 17.8. The van der Waals surface area contributed by atoms with Gasteiger partial charge in [0.2, 0.25) is 17.3 Å². The second-order valence-corrected chi connectivity index (χ2v) is 9.72. The number of likely N-dealkylation sites (tertiary alicyclic amines) is 1. The number of ether oxygens (including phenoxy) is 2. The minimum atomic E-state index is -3.64. The summed E-state index contributed by atoms with van der Waals surface area (Å²) in [6.45, 7) is 2.49. The molecule has 2 atom stereocenters. The Balaban J connectivity index is 1.01. The number of anilines is 1. The zero-order valence-corrected chi connectivity index (χ0v) is 19.5. The quantitative estimate of drug-likeness (QED) is 0.297. The van der Waals surface area contributed by atoms with Crippen LogP contribution in [0, 0.1) is 5.21 Å². The topological polar surface area (TPSA) is 104 Å². The molecule has 4 aliphatic rings. The number of carbonyl (C=O) groups excluding carboxylic acids is 2. The average molecular weight is 509 g/mol. The summed E-state index contributed by atoms with van der Waals surface area (Å²) in [5.41, 5.74) is 1.30. The summed E-state index contributed by atoms with van der Waals surface area (Å²) in [6, 6.07) is 11.9. The first-order valence-corrected chi connectivity index (χ1v) is 12.1. The number of halogens is 2. The standard InChI is InChI=1S/C25H21F2N5O5/c26-25(27)36-19-7-6-14(11-20(19)37-25)30-13-15-10-16(30)12-29(15)8-3-9-31-22-21(28-32(31)35)23(33)17-4-1-2-5-18(17)24(22)34/h1-2,4-7,11,15-16H,3,8-10,12-13H2. The normalized spacial score (nSPS) is 23.0. The number of ketones is 2. The first kappa shape index (κ1) is 22.2. The van der Waals surface area contributed by atoms with Gasteiger partial charge < -0.3 is 19.6 Å². The van der Waals surface area contributed by atoms with Gasteiger partial charge in [-0.25, -0.2) is 0 Å². The van der Waals surface area contributed by atoms with E-state index in [2.05, 4.69) is 24.4 Å². The summed E-state index contributed by atoms with van der Waals surface area (Å²) in [4.78, 5) is 30.7. The number of fused-ring (bicyclic) bond motifs is 5. The maximum Gasteiger partial charge on any atom is 0.586 e. The fourth-order valence-corrected chi connectivity index (χ4v) is 5.98. The van der Waals surface area contributed by atoms with E-state index in [4.69, 9.17) is 0 Å². The predicted octanol–water partition coefficient (Wildman–Crippen LogP) is 1.97. The average Bonchev–Trinajstić information content (AvgIpc) is 3.62. The summed E-state index contributed by atoms with van der Waals surface area (Å²) < 4.78 is 37.1. The van der Waals surface area contributed by atoms with Crippen molar-refractivity contribution in [2.45, 2.75) is 37.8 Å². The van der Waals surface area contributed by atoms with Crippen LogP contribution in [-0.4, -0.2) is 64.3 Å². The van der Waals surface area contributed by atoms with Crippen molar-refractivity contribution in [2.24, 2.45) is 0 Å². The van der Waals surface area contributed by atoms with Crippen molar-refractivity contribution in [3.05, 3.63) is 70.2 Å². The molecule has 190 valence electrons. The Morgan fingerprint density at radius 3 is 2.51 bits per heavy atom. The molecule has 2 bridgehead atoms. The number of aromatic nitrogens is 3. The number of nitrogens with zero attached hydrogens (tertiary/aromatic N) is 5. The van der Waals surface area contributed by atoms with E-state index in [0.29, 0.717) is 17.9 Å². The molecule has 0 saturated carbocycles. The van der Waals surface area contributed by atoms with Crippen molar-refractivity contribution in [1.82, 2.24) is 14.7 Å². The van der Waals surface area contributed by atoms with Crippen LogP contribution >= 0.6 is 0 Å². The van der Waals surface area contributed by atoms with Crippen molar-refractivity contribution < 1.29 is 32.8 Å². The molecule has 1 aromatic heterocycles. The minimum absolute atomic E-state index is 0.0284. The van der Waals surface area contributed by atoms with E-state index in [1.54, 1.807) is 36.4 Å². The Labute approximate surface area is 209 Å².